The summed E-state index contributed by atoms with van der Waals surface area (Å²) in [6.07, 6.45) is 3.84. The Bertz CT molecular complexity index is 612. The first-order valence-corrected chi connectivity index (χ1v) is 8.06. The Morgan fingerprint density at radius 3 is 2.13 bits per heavy atom. The van der Waals surface area contributed by atoms with E-state index in [-0.39, 0.29) is 5.82 Å². The van der Waals surface area contributed by atoms with Crippen LogP contribution in [0.25, 0.3) is 0 Å². The minimum Gasteiger partial charge on any atom is -0.422 e. The highest BCUT2D eigenvalue weighted by Gasteiger charge is 2.56. The molecule has 5 heteroatoms. The van der Waals surface area contributed by atoms with E-state index >= 15 is 0 Å². The van der Waals surface area contributed by atoms with Crippen molar-refractivity contribution >= 4 is 11.9 Å². The quantitative estimate of drug-likeness (QED) is 0.618. The van der Waals surface area contributed by atoms with Gasteiger partial charge in [0, 0.05) is 19.3 Å². The summed E-state index contributed by atoms with van der Waals surface area (Å²) in [6, 6.07) is 6.38. The fourth-order valence-electron chi connectivity index (χ4n) is 3.93. The molecule has 0 unspecified atom stereocenters. The van der Waals surface area contributed by atoms with Gasteiger partial charge in [-0.3, -0.25) is 9.59 Å². The van der Waals surface area contributed by atoms with Crippen LogP contribution in [-0.4, -0.2) is 17.7 Å². The summed E-state index contributed by atoms with van der Waals surface area (Å²) >= 11 is 0. The number of carbonyl (C=O) groups is 2. The maximum Gasteiger partial charge on any atom is 0.324 e. The summed E-state index contributed by atoms with van der Waals surface area (Å²) < 4.78 is 25.1. The summed E-state index contributed by atoms with van der Waals surface area (Å²) in [7, 11) is 0. The number of halogens is 1. The van der Waals surface area contributed by atoms with E-state index in [2.05, 4.69) is 0 Å². The van der Waals surface area contributed by atoms with Gasteiger partial charge in [0.25, 0.3) is 5.79 Å². The lowest BCUT2D eigenvalue weighted by Crippen LogP contribution is -2.55. The molecule has 0 N–H and O–H groups in total. The molecule has 3 rings (SSSR count). The van der Waals surface area contributed by atoms with Gasteiger partial charge in [-0.05, 0) is 24.5 Å². The molecule has 1 aliphatic carbocycles. The number of benzene rings is 1. The van der Waals surface area contributed by atoms with Gasteiger partial charge < -0.3 is 9.47 Å². The molecule has 0 bridgehead atoms. The predicted octanol–water partition coefficient (Wildman–Crippen LogP) is 3.48. The van der Waals surface area contributed by atoms with E-state index in [1.54, 1.807) is 18.2 Å². The van der Waals surface area contributed by atoms with Crippen LogP contribution in [0.2, 0.25) is 0 Å². The summed E-state index contributed by atoms with van der Waals surface area (Å²) in [6.45, 7) is 3.05. The van der Waals surface area contributed by atoms with Crippen LogP contribution in [-0.2, 0) is 24.5 Å². The van der Waals surface area contributed by atoms with E-state index in [9.17, 15) is 14.0 Å². The van der Waals surface area contributed by atoms with E-state index in [4.69, 9.17) is 9.47 Å². The molecule has 1 aromatic rings. The number of hydrogen-bond acceptors (Lipinski definition) is 4. The second-order valence-corrected chi connectivity index (χ2v) is 6.87. The molecular weight excluding hydrogens is 299 g/mol. The molecule has 0 aromatic heterocycles. The molecule has 1 aliphatic heterocycles. The van der Waals surface area contributed by atoms with Gasteiger partial charge in [-0.2, -0.15) is 0 Å². The molecule has 2 aliphatic rings. The highest BCUT2D eigenvalue weighted by Crippen LogP contribution is 2.48. The molecule has 0 spiro atoms. The Morgan fingerprint density at radius 1 is 1.00 bits per heavy atom. The molecule has 4 nitrogen and oxygen atoms in total. The van der Waals surface area contributed by atoms with Crippen LogP contribution in [0.15, 0.2) is 24.3 Å². The molecule has 2 fully saturated rings. The molecule has 1 heterocycles. The van der Waals surface area contributed by atoms with Crippen molar-refractivity contribution in [3.05, 3.63) is 35.6 Å². The molecule has 0 radical (unpaired) electrons. The van der Waals surface area contributed by atoms with Crippen LogP contribution in [0, 0.1) is 11.7 Å². The minimum atomic E-state index is -1.27. The Kier molecular flexibility index (Phi) is 3.90. The highest BCUT2D eigenvalue weighted by molar-refractivity contribution is 5.98. The topological polar surface area (TPSA) is 52.6 Å². The fraction of sp³-hybridized carbons (Fsp3) is 0.556. The molecule has 1 aromatic carbocycles. The van der Waals surface area contributed by atoms with Gasteiger partial charge in [0.15, 0.2) is 5.92 Å². The van der Waals surface area contributed by atoms with Crippen LogP contribution in [0.1, 0.15) is 51.5 Å². The lowest BCUT2D eigenvalue weighted by Gasteiger charge is -2.45. The third-order valence-corrected chi connectivity index (χ3v) is 4.87. The zero-order valence-corrected chi connectivity index (χ0v) is 13.4. The summed E-state index contributed by atoms with van der Waals surface area (Å²) in [5, 5.41) is 0. The number of hydrogen-bond donors (Lipinski definition) is 0. The van der Waals surface area contributed by atoms with Crippen LogP contribution in [0.3, 0.4) is 0 Å². The SMILES string of the molecule is CC1(C)OC(=O)C(C2(c3ccccc3F)CCCCC2)C(=O)O1. The maximum absolute atomic E-state index is 14.5. The van der Waals surface area contributed by atoms with Crippen molar-refractivity contribution in [2.75, 3.05) is 0 Å². The van der Waals surface area contributed by atoms with Gasteiger partial charge >= 0.3 is 11.9 Å². The molecule has 1 saturated heterocycles. The van der Waals surface area contributed by atoms with Crippen molar-refractivity contribution in [3.63, 3.8) is 0 Å². The average Bonchev–Trinajstić information content (AvgIpc) is 2.46. The van der Waals surface area contributed by atoms with Gasteiger partial charge in [0.05, 0.1) is 0 Å². The fourth-order valence-corrected chi connectivity index (χ4v) is 3.93. The Hall–Kier alpha value is -1.91. The lowest BCUT2D eigenvalue weighted by atomic mass is 9.61. The van der Waals surface area contributed by atoms with Crippen molar-refractivity contribution in [1.29, 1.82) is 0 Å². The standard InChI is InChI=1S/C18H21FO4/c1-17(2)22-15(20)14(16(21)23-17)18(10-6-3-7-11-18)12-8-4-5-9-13(12)19/h4-5,8-9,14H,3,6-7,10-11H2,1-2H3. The van der Waals surface area contributed by atoms with E-state index in [1.165, 1.54) is 19.9 Å². The first-order valence-electron chi connectivity index (χ1n) is 8.06. The van der Waals surface area contributed by atoms with Crippen LogP contribution in [0.5, 0.6) is 0 Å². The van der Waals surface area contributed by atoms with Gasteiger partial charge in [0.2, 0.25) is 0 Å². The van der Waals surface area contributed by atoms with Crippen LogP contribution in [0.4, 0.5) is 4.39 Å². The molecule has 124 valence electrons. The number of rotatable bonds is 2. The van der Waals surface area contributed by atoms with E-state index < -0.39 is 29.1 Å². The number of ether oxygens (including phenoxy) is 2. The Morgan fingerprint density at radius 2 is 1.57 bits per heavy atom. The lowest BCUT2D eigenvalue weighted by molar-refractivity contribution is -0.244. The predicted molar refractivity (Wildman–Crippen MR) is 80.9 cm³/mol. The zero-order valence-electron chi connectivity index (χ0n) is 13.4. The Balaban J connectivity index is 2.08. The van der Waals surface area contributed by atoms with Gasteiger partial charge in [-0.15, -0.1) is 0 Å². The van der Waals surface area contributed by atoms with Crippen molar-refractivity contribution < 1.29 is 23.5 Å². The van der Waals surface area contributed by atoms with Crippen molar-refractivity contribution in [2.45, 2.75) is 57.2 Å². The van der Waals surface area contributed by atoms with Gasteiger partial charge in [-0.25, -0.2) is 4.39 Å². The van der Waals surface area contributed by atoms with Crippen LogP contribution < -0.4 is 0 Å². The second-order valence-electron chi connectivity index (χ2n) is 6.87. The summed E-state index contributed by atoms with van der Waals surface area (Å²) in [5.74, 6) is -3.99. The van der Waals surface area contributed by atoms with E-state index in [1.807, 2.05) is 0 Å². The highest BCUT2D eigenvalue weighted by atomic mass is 19.1. The third kappa shape index (κ3) is 2.73. The largest absolute Gasteiger partial charge is 0.422 e. The molecular formula is C18H21FO4. The van der Waals surface area contributed by atoms with Crippen molar-refractivity contribution in [2.24, 2.45) is 5.92 Å². The summed E-state index contributed by atoms with van der Waals surface area (Å²) in [5.41, 5.74) is -0.466. The number of carbonyl (C=O) groups excluding carboxylic acids is 2. The van der Waals surface area contributed by atoms with E-state index in [0.717, 1.165) is 19.3 Å². The van der Waals surface area contributed by atoms with Gasteiger partial charge in [-0.1, -0.05) is 37.5 Å². The first kappa shape index (κ1) is 16.0. The number of cyclic esters (lactones) is 2. The molecule has 0 atom stereocenters. The average molecular weight is 320 g/mol. The first-order chi connectivity index (χ1) is 10.9. The monoisotopic (exact) mass is 320 g/mol. The van der Waals surface area contributed by atoms with E-state index in [0.29, 0.717) is 18.4 Å². The summed E-state index contributed by atoms with van der Waals surface area (Å²) in [4.78, 5) is 25.1. The zero-order chi connectivity index (χ0) is 16.7. The molecule has 0 amide bonds. The van der Waals surface area contributed by atoms with Crippen LogP contribution >= 0.6 is 0 Å². The van der Waals surface area contributed by atoms with Crippen molar-refractivity contribution in [3.8, 4) is 0 Å². The molecule has 23 heavy (non-hydrogen) atoms. The molecule has 1 saturated carbocycles. The minimum absolute atomic E-state index is 0.389. The van der Waals surface area contributed by atoms with Gasteiger partial charge in [0.1, 0.15) is 5.82 Å². The smallest absolute Gasteiger partial charge is 0.324 e. The third-order valence-electron chi connectivity index (χ3n) is 4.87. The number of esters is 2. The normalized spacial score (nSPS) is 24.0. The van der Waals surface area contributed by atoms with Crippen molar-refractivity contribution in [1.82, 2.24) is 0 Å². The Labute approximate surface area is 135 Å². The maximum atomic E-state index is 14.5. The second kappa shape index (κ2) is 5.62.